The second-order valence-corrected chi connectivity index (χ2v) is 5.57. The van der Waals surface area contributed by atoms with Gasteiger partial charge in [0.1, 0.15) is 0 Å². The highest BCUT2D eigenvalue weighted by molar-refractivity contribution is 9.10. The van der Waals surface area contributed by atoms with Gasteiger partial charge >= 0.3 is 0 Å². The number of nitrogens with one attached hydrogen (secondary N) is 2. The maximum absolute atomic E-state index is 5.90. The van der Waals surface area contributed by atoms with Crippen molar-refractivity contribution in [2.45, 2.75) is 6.54 Å². The van der Waals surface area contributed by atoms with Crippen LogP contribution in [-0.4, -0.2) is 21.4 Å². The number of halogens is 2. The van der Waals surface area contributed by atoms with E-state index in [1.54, 1.807) is 6.20 Å². The van der Waals surface area contributed by atoms with Crippen LogP contribution in [-0.2, 0) is 6.54 Å². The minimum absolute atomic E-state index is 0.563. The molecule has 1 heterocycles. The number of hydrogen-bond acceptors (Lipinski definition) is 2. The van der Waals surface area contributed by atoms with Crippen LogP contribution in [0.1, 0.15) is 0 Å². The number of rotatable bonds is 4. The van der Waals surface area contributed by atoms with Gasteiger partial charge < -0.3 is 10.6 Å². The molecule has 2 N–H and O–H groups in total. The molecule has 0 unspecified atom stereocenters. The summed E-state index contributed by atoms with van der Waals surface area (Å²) >= 11 is 14.4. The molecule has 0 amide bonds. The van der Waals surface area contributed by atoms with Gasteiger partial charge in [0.15, 0.2) is 5.11 Å². The van der Waals surface area contributed by atoms with E-state index in [0.29, 0.717) is 16.7 Å². The van der Waals surface area contributed by atoms with Crippen LogP contribution >= 0.6 is 39.7 Å². The number of hydrogen-bond donors (Lipinski definition) is 2. The first-order valence-electron chi connectivity index (χ1n) is 5.62. The molecule has 0 aliphatic heterocycles. The first-order valence-corrected chi connectivity index (χ1v) is 7.20. The summed E-state index contributed by atoms with van der Waals surface area (Å²) in [5.74, 6) is 0. The van der Waals surface area contributed by atoms with Gasteiger partial charge in [-0.1, -0.05) is 17.7 Å². The Balaban J connectivity index is 1.76. The lowest BCUT2D eigenvalue weighted by molar-refractivity contribution is 0.604. The molecule has 0 atom stereocenters. The van der Waals surface area contributed by atoms with E-state index in [-0.39, 0.29) is 0 Å². The number of anilines is 1. The van der Waals surface area contributed by atoms with Crippen LogP contribution < -0.4 is 10.6 Å². The van der Waals surface area contributed by atoms with E-state index in [1.165, 1.54) is 0 Å². The maximum atomic E-state index is 5.90. The van der Waals surface area contributed by atoms with Crippen molar-refractivity contribution in [3.63, 3.8) is 0 Å². The van der Waals surface area contributed by atoms with Crippen molar-refractivity contribution in [1.29, 1.82) is 0 Å². The minimum atomic E-state index is 0.563. The van der Waals surface area contributed by atoms with E-state index in [0.717, 1.165) is 16.7 Å². The summed E-state index contributed by atoms with van der Waals surface area (Å²) in [5, 5.41) is 11.6. The second kappa shape index (κ2) is 6.88. The fraction of sp³-hybridized carbons (Fsp3) is 0.167. The molecule has 1 aromatic heterocycles. The van der Waals surface area contributed by atoms with Gasteiger partial charge in [0.2, 0.25) is 0 Å². The van der Waals surface area contributed by atoms with Crippen LogP contribution in [0.2, 0.25) is 5.02 Å². The summed E-state index contributed by atoms with van der Waals surface area (Å²) in [6.07, 6.45) is 3.66. The fourth-order valence-electron chi connectivity index (χ4n) is 1.49. The largest absolute Gasteiger partial charge is 0.361 e. The van der Waals surface area contributed by atoms with Crippen molar-refractivity contribution >= 4 is 50.5 Å². The highest BCUT2D eigenvalue weighted by Crippen LogP contribution is 2.14. The van der Waals surface area contributed by atoms with Crippen LogP contribution in [0.15, 0.2) is 41.1 Å². The lowest BCUT2D eigenvalue weighted by Crippen LogP contribution is -2.31. The van der Waals surface area contributed by atoms with E-state index < -0.39 is 0 Å². The Labute approximate surface area is 130 Å². The first kappa shape index (κ1) is 14.3. The Morgan fingerprint density at radius 3 is 3.00 bits per heavy atom. The number of benzene rings is 1. The summed E-state index contributed by atoms with van der Waals surface area (Å²) < 4.78 is 2.80. The van der Waals surface area contributed by atoms with Crippen molar-refractivity contribution in [3.8, 4) is 0 Å². The smallest absolute Gasteiger partial charge is 0.170 e. The number of thiocarbonyl (C=S) groups is 1. The molecule has 0 spiro atoms. The lowest BCUT2D eigenvalue weighted by Gasteiger charge is -2.10. The minimum Gasteiger partial charge on any atom is -0.361 e. The molecule has 19 heavy (non-hydrogen) atoms. The first-order chi connectivity index (χ1) is 9.13. The molecule has 1 aromatic carbocycles. The molecule has 0 saturated heterocycles. The molecule has 0 aliphatic carbocycles. The summed E-state index contributed by atoms with van der Waals surface area (Å²) in [6, 6.07) is 7.41. The van der Waals surface area contributed by atoms with Gasteiger partial charge in [-0.3, -0.25) is 4.68 Å². The SMILES string of the molecule is S=C(NCCn1cc(Br)cn1)Nc1cccc(Cl)c1. The van der Waals surface area contributed by atoms with E-state index in [2.05, 4.69) is 31.7 Å². The van der Waals surface area contributed by atoms with Crippen molar-refractivity contribution < 1.29 is 0 Å². The van der Waals surface area contributed by atoms with Crippen molar-refractivity contribution in [2.24, 2.45) is 0 Å². The van der Waals surface area contributed by atoms with Gasteiger partial charge in [-0.2, -0.15) is 5.10 Å². The molecular weight excluding hydrogens is 348 g/mol. The molecule has 100 valence electrons. The Hall–Kier alpha value is -1.11. The maximum Gasteiger partial charge on any atom is 0.170 e. The standard InChI is InChI=1S/C12H12BrClN4S/c13-9-7-16-18(8-9)5-4-15-12(19)17-11-3-1-2-10(14)6-11/h1-3,6-8H,4-5H2,(H2,15,17,19). The Morgan fingerprint density at radius 2 is 2.32 bits per heavy atom. The molecule has 2 rings (SSSR count). The molecule has 4 nitrogen and oxygen atoms in total. The average molecular weight is 360 g/mol. The Bertz CT molecular complexity index is 572. The van der Waals surface area contributed by atoms with Gasteiger partial charge in [0, 0.05) is 23.5 Å². The molecule has 0 aliphatic rings. The summed E-state index contributed by atoms with van der Waals surface area (Å²) in [4.78, 5) is 0. The van der Waals surface area contributed by atoms with Crippen LogP contribution in [0.5, 0.6) is 0 Å². The third-order valence-corrected chi connectivity index (χ3v) is 3.20. The number of aromatic nitrogens is 2. The molecule has 0 bridgehead atoms. The van der Waals surface area contributed by atoms with Gasteiger partial charge in [-0.25, -0.2) is 0 Å². The van der Waals surface area contributed by atoms with Gasteiger partial charge in [-0.05, 0) is 46.3 Å². The second-order valence-electron chi connectivity index (χ2n) is 3.81. The van der Waals surface area contributed by atoms with E-state index in [9.17, 15) is 0 Å². The lowest BCUT2D eigenvalue weighted by atomic mass is 10.3. The summed E-state index contributed by atoms with van der Waals surface area (Å²) in [7, 11) is 0. The predicted octanol–water partition coefficient (Wildman–Crippen LogP) is 3.29. The van der Waals surface area contributed by atoms with E-state index in [4.69, 9.17) is 23.8 Å². The Morgan fingerprint density at radius 1 is 1.47 bits per heavy atom. The fourth-order valence-corrected chi connectivity index (χ4v) is 2.22. The molecule has 7 heteroatoms. The van der Waals surface area contributed by atoms with Crippen LogP contribution in [0.25, 0.3) is 0 Å². The Kier molecular flexibility index (Phi) is 5.18. The molecule has 0 saturated carbocycles. The number of nitrogens with zero attached hydrogens (tertiary/aromatic N) is 2. The molecule has 0 fully saturated rings. The monoisotopic (exact) mass is 358 g/mol. The normalized spacial score (nSPS) is 10.2. The third-order valence-electron chi connectivity index (χ3n) is 2.31. The summed E-state index contributed by atoms with van der Waals surface area (Å²) in [5.41, 5.74) is 0.867. The highest BCUT2D eigenvalue weighted by atomic mass is 79.9. The van der Waals surface area contributed by atoms with Crippen LogP contribution in [0, 0.1) is 0 Å². The van der Waals surface area contributed by atoms with Gasteiger partial charge in [0.05, 0.1) is 17.2 Å². The zero-order valence-corrected chi connectivity index (χ0v) is 13.1. The quantitative estimate of drug-likeness (QED) is 0.822. The predicted molar refractivity (Wildman–Crippen MR) is 85.6 cm³/mol. The van der Waals surface area contributed by atoms with E-state index in [1.807, 2.05) is 35.1 Å². The van der Waals surface area contributed by atoms with E-state index >= 15 is 0 Å². The van der Waals surface area contributed by atoms with Crippen LogP contribution in [0.3, 0.4) is 0 Å². The molecular formula is C12H12BrClN4S. The summed E-state index contributed by atoms with van der Waals surface area (Å²) in [6.45, 7) is 1.43. The van der Waals surface area contributed by atoms with Gasteiger partial charge in [0.25, 0.3) is 0 Å². The zero-order chi connectivity index (χ0) is 13.7. The zero-order valence-electron chi connectivity index (χ0n) is 9.94. The van der Waals surface area contributed by atoms with Crippen LogP contribution in [0.4, 0.5) is 5.69 Å². The highest BCUT2D eigenvalue weighted by Gasteiger charge is 1.99. The topological polar surface area (TPSA) is 41.9 Å². The third kappa shape index (κ3) is 4.81. The average Bonchev–Trinajstić information content (AvgIpc) is 2.75. The van der Waals surface area contributed by atoms with Crippen molar-refractivity contribution in [2.75, 3.05) is 11.9 Å². The van der Waals surface area contributed by atoms with Crippen molar-refractivity contribution in [3.05, 3.63) is 46.2 Å². The molecule has 2 aromatic rings. The van der Waals surface area contributed by atoms with Crippen molar-refractivity contribution in [1.82, 2.24) is 15.1 Å². The van der Waals surface area contributed by atoms with Gasteiger partial charge in [-0.15, -0.1) is 0 Å². The molecule has 0 radical (unpaired) electrons.